The van der Waals surface area contributed by atoms with Crippen LogP contribution in [-0.2, 0) is 9.53 Å². The maximum Gasteiger partial charge on any atom is 0.354 e. The summed E-state index contributed by atoms with van der Waals surface area (Å²) in [5, 5.41) is 17.6. The van der Waals surface area contributed by atoms with Gasteiger partial charge in [-0.05, 0) is 51.2 Å². The molecule has 0 spiro atoms. The highest BCUT2D eigenvalue weighted by Gasteiger charge is 2.59. The minimum absolute atomic E-state index is 0.00448. The molecule has 4 rings (SSSR count). The van der Waals surface area contributed by atoms with Crippen molar-refractivity contribution >= 4 is 23.1 Å². The topological polar surface area (TPSA) is 88.3 Å². The van der Waals surface area contributed by atoms with Gasteiger partial charge in [0, 0.05) is 31.1 Å². The summed E-state index contributed by atoms with van der Waals surface area (Å²) < 4.78 is 5.27. The SMILES string of the molecule is CCOC(=O)C1=NN(c2ccc([N+](=O)[O-])cc2)C2(N3CCCC3)CCCC12. The number of hydrazone groups is 1. The first-order valence-corrected chi connectivity index (χ1v) is 9.63. The number of esters is 1. The van der Waals surface area contributed by atoms with E-state index in [2.05, 4.69) is 4.90 Å². The number of nitro benzene ring substituents is 1. The van der Waals surface area contributed by atoms with Gasteiger partial charge < -0.3 is 4.74 Å². The third kappa shape index (κ3) is 2.79. The number of anilines is 1. The number of hydrogen-bond acceptors (Lipinski definition) is 7. The summed E-state index contributed by atoms with van der Waals surface area (Å²) in [6.45, 7) is 4.07. The molecule has 0 N–H and O–H groups in total. The van der Waals surface area contributed by atoms with Crippen LogP contribution in [0.2, 0.25) is 0 Å². The Kier molecular flexibility index (Phi) is 4.59. The van der Waals surface area contributed by atoms with Crippen molar-refractivity contribution in [2.45, 2.75) is 44.7 Å². The monoisotopic (exact) mass is 372 g/mol. The first-order valence-electron chi connectivity index (χ1n) is 9.63. The van der Waals surface area contributed by atoms with E-state index >= 15 is 0 Å². The van der Waals surface area contributed by atoms with Crippen LogP contribution in [0, 0.1) is 16.0 Å². The number of nitro groups is 1. The summed E-state index contributed by atoms with van der Waals surface area (Å²) in [5.41, 5.74) is 0.943. The van der Waals surface area contributed by atoms with Gasteiger partial charge in [-0.25, -0.2) is 9.80 Å². The molecule has 2 aliphatic heterocycles. The van der Waals surface area contributed by atoms with E-state index in [9.17, 15) is 14.9 Å². The van der Waals surface area contributed by atoms with Gasteiger partial charge in [0.2, 0.25) is 0 Å². The van der Waals surface area contributed by atoms with Crippen LogP contribution in [0.15, 0.2) is 29.4 Å². The van der Waals surface area contributed by atoms with Gasteiger partial charge in [0.05, 0.1) is 17.2 Å². The molecule has 1 aromatic rings. The molecule has 2 unspecified atom stereocenters. The minimum Gasteiger partial charge on any atom is -0.461 e. The summed E-state index contributed by atoms with van der Waals surface area (Å²) >= 11 is 0. The Labute approximate surface area is 157 Å². The highest BCUT2D eigenvalue weighted by atomic mass is 16.6. The van der Waals surface area contributed by atoms with Crippen LogP contribution in [0.3, 0.4) is 0 Å². The number of benzene rings is 1. The predicted octanol–water partition coefficient (Wildman–Crippen LogP) is 2.93. The number of likely N-dealkylation sites (tertiary alicyclic amines) is 1. The molecule has 0 amide bonds. The second-order valence-electron chi connectivity index (χ2n) is 7.31. The van der Waals surface area contributed by atoms with E-state index in [0.29, 0.717) is 12.3 Å². The van der Waals surface area contributed by atoms with E-state index in [1.54, 1.807) is 19.1 Å². The Morgan fingerprint density at radius 2 is 2.00 bits per heavy atom. The molecule has 2 atom stereocenters. The summed E-state index contributed by atoms with van der Waals surface area (Å²) in [6.07, 6.45) is 5.11. The second kappa shape index (κ2) is 6.92. The quantitative estimate of drug-likeness (QED) is 0.449. The second-order valence-corrected chi connectivity index (χ2v) is 7.31. The Hall–Kier alpha value is -2.48. The van der Waals surface area contributed by atoms with Crippen molar-refractivity contribution in [1.29, 1.82) is 0 Å². The zero-order valence-electron chi connectivity index (χ0n) is 15.5. The number of fused-ring (bicyclic) bond motifs is 1. The van der Waals surface area contributed by atoms with Crippen LogP contribution in [-0.4, -0.2) is 46.9 Å². The largest absolute Gasteiger partial charge is 0.461 e. The average molecular weight is 372 g/mol. The van der Waals surface area contributed by atoms with Gasteiger partial charge in [0.15, 0.2) is 5.71 Å². The first-order chi connectivity index (χ1) is 13.1. The molecule has 0 radical (unpaired) electrons. The predicted molar refractivity (Wildman–Crippen MR) is 101 cm³/mol. The first kappa shape index (κ1) is 17.9. The molecule has 2 heterocycles. The normalized spacial score (nSPS) is 27.5. The maximum absolute atomic E-state index is 12.6. The van der Waals surface area contributed by atoms with Crippen LogP contribution < -0.4 is 5.01 Å². The van der Waals surface area contributed by atoms with Crippen molar-refractivity contribution in [2.75, 3.05) is 24.7 Å². The zero-order valence-corrected chi connectivity index (χ0v) is 15.5. The molecule has 1 aromatic carbocycles. The van der Waals surface area contributed by atoms with E-state index in [0.717, 1.165) is 50.9 Å². The van der Waals surface area contributed by atoms with Crippen LogP contribution in [0.4, 0.5) is 11.4 Å². The Bertz CT molecular complexity index is 772. The molecule has 1 saturated carbocycles. The van der Waals surface area contributed by atoms with Gasteiger partial charge in [0.25, 0.3) is 5.69 Å². The lowest BCUT2D eigenvalue weighted by molar-refractivity contribution is -0.384. The number of rotatable bonds is 5. The molecule has 0 bridgehead atoms. The molecule has 1 aliphatic carbocycles. The Balaban J connectivity index is 1.77. The van der Waals surface area contributed by atoms with Gasteiger partial charge in [-0.3, -0.25) is 15.0 Å². The van der Waals surface area contributed by atoms with Gasteiger partial charge in [-0.15, -0.1) is 0 Å². The summed E-state index contributed by atoms with van der Waals surface area (Å²) in [7, 11) is 0. The van der Waals surface area contributed by atoms with Crippen molar-refractivity contribution < 1.29 is 14.5 Å². The molecule has 8 nitrogen and oxygen atoms in total. The smallest absolute Gasteiger partial charge is 0.354 e. The standard InChI is InChI=1S/C19H24N4O4/c1-2-27-18(24)17-16-6-5-11-19(16,21-12-3-4-13-21)22(20-17)14-7-9-15(10-8-14)23(25)26/h7-10,16H,2-6,11-13H2,1H3. The van der Waals surface area contributed by atoms with Gasteiger partial charge in [-0.1, -0.05) is 0 Å². The molecule has 1 saturated heterocycles. The summed E-state index contributed by atoms with van der Waals surface area (Å²) in [4.78, 5) is 25.6. The van der Waals surface area contributed by atoms with E-state index < -0.39 is 4.92 Å². The molecule has 3 aliphatic rings. The van der Waals surface area contributed by atoms with Crippen molar-refractivity contribution in [2.24, 2.45) is 11.0 Å². The highest BCUT2D eigenvalue weighted by Crippen LogP contribution is 2.50. The number of nitrogens with zero attached hydrogens (tertiary/aromatic N) is 4. The summed E-state index contributed by atoms with van der Waals surface area (Å²) in [6, 6.07) is 6.44. The molecular weight excluding hydrogens is 348 g/mol. The number of ether oxygens (including phenoxy) is 1. The lowest BCUT2D eigenvalue weighted by Gasteiger charge is -2.45. The number of carbonyl (C=O) groups excluding carboxylic acids is 1. The molecule has 8 heteroatoms. The third-order valence-electron chi connectivity index (χ3n) is 5.94. The zero-order chi connectivity index (χ0) is 19.0. The molecule has 27 heavy (non-hydrogen) atoms. The van der Waals surface area contributed by atoms with E-state index in [-0.39, 0.29) is 23.2 Å². The summed E-state index contributed by atoms with van der Waals surface area (Å²) in [5.74, 6) is -0.345. The molecule has 144 valence electrons. The minimum atomic E-state index is -0.407. The van der Waals surface area contributed by atoms with Crippen molar-refractivity contribution in [1.82, 2.24) is 4.90 Å². The van der Waals surface area contributed by atoms with Gasteiger partial charge in [-0.2, -0.15) is 5.10 Å². The molecule has 2 fully saturated rings. The fourth-order valence-corrected chi connectivity index (χ4v) is 4.85. The van der Waals surface area contributed by atoms with Crippen molar-refractivity contribution in [3.8, 4) is 0 Å². The van der Waals surface area contributed by atoms with E-state index in [4.69, 9.17) is 9.84 Å². The van der Waals surface area contributed by atoms with Crippen LogP contribution in [0.1, 0.15) is 39.0 Å². The van der Waals surface area contributed by atoms with Gasteiger partial charge >= 0.3 is 5.97 Å². The fourth-order valence-electron chi connectivity index (χ4n) is 4.85. The Morgan fingerprint density at radius 3 is 2.63 bits per heavy atom. The lowest BCUT2D eigenvalue weighted by Crippen LogP contribution is -2.58. The number of hydrogen-bond donors (Lipinski definition) is 0. The van der Waals surface area contributed by atoms with Crippen LogP contribution in [0.25, 0.3) is 0 Å². The fraction of sp³-hybridized carbons (Fsp3) is 0.579. The van der Waals surface area contributed by atoms with Gasteiger partial charge in [0.1, 0.15) is 5.66 Å². The third-order valence-corrected chi connectivity index (χ3v) is 5.94. The highest BCUT2D eigenvalue weighted by molar-refractivity contribution is 6.38. The van der Waals surface area contributed by atoms with Crippen LogP contribution >= 0.6 is 0 Å². The maximum atomic E-state index is 12.6. The van der Waals surface area contributed by atoms with E-state index in [1.165, 1.54) is 12.1 Å². The van der Waals surface area contributed by atoms with Crippen LogP contribution in [0.5, 0.6) is 0 Å². The van der Waals surface area contributed by atoms with Crippen molar-refractivity contribution in [3.05, 3.63) is 34.4 Å². The Morgan fingerprint density at radius 1 is 1.30 bits per heavy atom. The lowest BCUT2D eigenvalue weighted by atomic mass is 9.90. The number of non-ortho nitro benzene ring substituents is 1. The molecular formula is C19H24N4O4. The van der Waals surface area contributed by atoms with Crippen molar-refractivity contribution in [3.63, 3.8) is 0 Å². The molecule has 0 aromatic heterocycles. The number of carbonyl (C=O) groups is 1. The average Bonchev–Trinajstić information content (AvgIpc) is 3.37. The van der Waals surface area contributed by atoms with E-state index in [1.807, 2.05) is 5.01 Å².